The SMILES string of the molecule is C=C/C=C1/CN(C(C)(C)CC)CCC1=NC=C. The lowest BCUT2D eigenvalue weighted by molar-refractivity contribution is 0.128. The Morgan fingerprint density at radius 2 is 2.12 bits per heavy atom. The Hall–Kier alpha value is -1.15. The fourth-order valence-corrected chi connectivity index (χ4v) is 2.07. The molecule has 0 aromatic carbocycles. The van der Waals surface area contributed by atoms with Gasteiger partial charge < -0.3 is 0 Å². The Balaban J connectivity index is 2.90. The van der Waals surface area contributed by atoms with E-state index in [4.69, 9.17) is 0 Å². The third-order valence-electron chi connectivity index (χ3n) is 3.64. The van der Waals surface area contributed by atoms with Crippen molar-refractivity contribution in [2.24, 2.45) is 4.99 Å². The van der Waals surface area contributed by atoms with Crippen molar-refractivity contribution in [2.45, 2.75) is 39.2 Å². The zero-order chi connectivity index (χ0) is 12.9. The van der Waals surface area contributed by atoms with Crippen LogP contribution in [-0.2, 0) is 0 Å². The third-order valence-corrected chi connectivity index (χ3v) is 3.64. The molecule has 0 spiro atoms. The van der Waals surface area contributed by atoms with Gasteiger partial charge in [0.2, 0.25) is 0 Å². The third kappa shape index (κ3) is 3.40. The number of hydrogen-bond acceptors (Lipinski definition) is 2. The zero-order valence-corrected chi connectivity index (χ0v) is 11.4. The highest BCUT2D eigenvalue weighted by Gasteiger charge is 2.29. The normalized spacial score (nSPS) is 23.0. The first kappa shape index (κ1) is 13.9. The maximum absolute atomic E-state index is 4.36. The second kappa shape index (κ2) is 5.97. The van der Waals surface area contributed by atoms with Crippen LogP contribution in [0.5, 0.6) is 0 Å². The van der Waals surface area contributed by atoms with Crippen LogP contribution in [0.15, 0.2) is 42.1 Å². The Morgan fingerprint density at radius 3 is 2.65 bits per heavy atom. The van der Waals surface area contributed by atoms with E-state index in [1.807, 2.05) is 6.08 Å². The molecule has 2 nitrogen and oxygen atoms in total. The van der Waals surface area contributed by atoms with Crippen LogP contribution in [0.2, 0.25) is 0 Å². The molecule has 0 atom stereocenters. The van der Waals surface area contributed by atoms with E-state index >= 15 is 0 Å². The molecular weight excluding hydrogens is 208 g/mol. The van der Waals surface area contributed by atoms with Crippen molar-refractivity contribution >= 4 is 5.71 Å². The van der Waals surface area contributed by atoms with Gasteiger partial charge in [-0.3, -0.25) is 9.89 Å². The molecule has 0 aromatic rings. The topological polar surface area (TPSA) is 15.6 Å². The minimum Gasteiger partial charge on any atom is -0.294 e. The van der Waals surface area contributed by atoms with Crippen molar-refractivity contribution in [2.75, 3.05) is 13.1 Å². The molecule has 0 unspecified atom stereocenters. The average Bonchev–Trinajstić information content (AvgIpc) is 2.32. The summed E-state index contributed by atoms with van der Waals surface area (Å²) in [4.78, 5) is 6.88. The number of rotatable bonds is 4. The molecule has 1 saturated heterocycles. The van der Waals surface area contributed by atoms with E-state index in [2.05, 4.69) is 49.9 Å². The van der Waals surface area contributed by atoms with Crippen molar-refractivity contribution in [1.29, 1.82) is 0 Å². The summed E-state index contributed by atoms with van der Waals surface area (Å²) in [5.41, 5.74) is 2.68. The number of likely N-dealkylation sites (tertiary alicyclic amines) is 1. The lowest BCUT2D eigenvalue weighted by Crippen LogP contribution is -2.48. The molecule has 1 fully saturated rings. The maximum Gasteiger partial charge on any atom is 0.0461 e. The van der Waals surface area contributed by atoms with Gasteiger partial charge in [-0.05, 0) is 25.8 Å². The summed E-state index contributed by atoms with van der Waals surface area (Å²) in [5, 5.41) is 0. The predicted molar refractivity (Wildman–Crippen MR) is 76.5 cm³/mol. The Morgan fingerprint density at radius 1 is 1.41 bits per heavy atom. The fourth-order valence-electron chi connectivity index (χ4n) is 2.07. The zero-order valence-electron chi connectivity index (χ0n) is 11.4. The molecule has 1 aliphatic heterocycles. The number of nitrogens with zero attached hydrogens (tertiary/aromatic N) is 2. The van der Waals surface area contributed by atoms with Crippen LogP contribution in [0.1, 0.15) is 33.6 Å². The predicted octanol–water partition coefficient (Wildman–Crippen LogP) is 3.58. The van der Waals surface area contributed by atoms with Gasteiger partial charge in [0, 0.05) is 37.0 Å². The van der Waals surface area contributed by atoms with Crippen molar-refractivity contribution in [3.8, 4) is 0 Å². The van der Waals surface area contributed by atoms with Crippen molar-refractivity contribution in [1.82, 2.24) is 4.90 Å². The molecule has 1 heterocycles. The van der Waals surface area contributed by atoms with Gasteiger partial charge in [-0.1, -0.05) is 32.2 Å². The summed E-state index contributed by atoms with van der Waals surface area (Å²) >= 11 is 0. The van der Waals surface area contributed by atoms with Gasteiger partial charge in [0.1, 0.15) is 0 Å². The van der Waals surface area contributed by atoms with Crippen LogP contribution in [0.3, 0.4) is 0 Å². The smallest absolute Gasteiger partial charge is 0.0461 e. The minimum absolute atomic E-state index is 0.250. The van der Waals surface area contributed by atoms with Gasteiger partial charge in [0.15, 0.2) is 0 Å². The van der Waals surface area contributed by atoms with Gasteiger partial charge in [-0.15, -0.1) is 0 Å². The van der Waals surface area contributed by atoms with E-state index in [9.17, 15) is 0 Å². The van der Waals surface area contributed by atoms with Crippen molar-refractivity contribution in [3.05, 3.63) is 37.1 Å². The molecule has 94 valence electrons. The van der Waals surface area contributed by atoms with Crippen molar-refractivity contribution < 1.29 is 0 Å². The lowest BCUT2D eigenvalue weighted by Gasteiger charge is -2.41. The highest BCUT2D eigenvalue weighted by atomic mass is 15.2. The molecule has 0 radical (unpaired) electrons. The largest absolute Gasteiger partial charge is 0.294 e. The molecule has 1 aliphatic rings. The van der Waals surface area contributed by atoms with Crippen LogP contribution in [0.25, 0.3) is 0 Å². The van der Waals surface area contributed by atoms with Crippen LogP contribution in [-0.4, -0.2) is 29.2 Å². The lowest BCUT2D eigenvalue weighted by atomic mass is 9.93. The first-order chi connectivity index (χ1) is 8.05. The number of aliphatic imine (C=N–C) groups is 1. The average molecular weight is 232 g/mol. The second-order valence-corrected chi connectivity index (χ2v) is 5.02. The molecule has 2 heteroatoms. The van der Waals surface area contributed by atoms with Crippen LogP contribution < -0.4 is 0 Å². The fraction of sp³-hybridized carbons (Fsp3) is 0.533. The van der Waals surface area contributed by atoms with Gasteiger partial charge >= 0.3 is 0 Å². The molecule has 0 N–H and O–H groups in total. The Kier molecular flexibility index (Phi) is 4.88. The Labute approximate surface area is 105 Å². The summed E-state index contributed by atoms with van der Waals surface area (Å²) in [6.45, 7) is 16.3. The van der Waals surface area contributed by atoms with Gasteiger partial charge in [0.05, 0.1) is 0 Å². The Bertz CT molecular complexity index is 348. The standard InChI is InChI=1S/C15H24N2/c1-6-9-13-12-17(15(4,5)7-2)11-10-14(13)16-8-3/h6,8-9H,1,3,7,10-12H2,2,4-5H3/b13-9-,16-14?. The molecule has 17 heavy (non-hydrogen) atoms. The van der Waals surface area contributed by atoms with Crippen LogP contribution in [0, 0.1) is 0 Å². The molecule has 0 amide bonds. The van der Waals surface area contributed by atoms with E-state index < -0.39 is 0 Å². The molecule has 0 bridgehead atoms. The van der Waals surface area contributed by atoms with E-state index in [-0.39, 0.29) is 5.54 Å². The van der Waals surface area contributed by atoms with E-state index in [0.717, 1.165) is 31.6 Å². The summed E-state index contributed by atoms with van der Waals surface area (Å²) in [6.07, 6.45) is 7.70. The minimum atomic E-state index is 0.250. The van der Waals surface area contributed by atoms with Gasteiger partial charge in [-0.25, -0.2) is 0 Å². The van der Waals surface area contributed by atoms with E-state index in [0.29, 0.717) is 0 Å². The second-order valence-electron chi connectivity index (χ2n) is 5.02. The first-order valence-electron chi connectivity index (χ1n) is 6.29. The van der Waals surface area contributed by atoms with E-state index in [1.54, 1.807) is 6.20 Å². The monoisotopic (exact) mass is 232 g/mol. The van der Waals surface area contributed by atoms with Crippen LogP contribution >= 0.6 is 0 Å². The molecule has 0 aliphatic carbocycles. The van der Waals surface area contributed by atoms with E-state index in [1.165, 1.54) is 5.57 Å². The van der Waals surface area contributed by atoms with Crippen LogP contribution in [0.4, 0.5) is 0 Å². The van der Waals surface area contributed by atoms with Crippen molar-refractivity contribution in [3.63, 3.8) is 0 Å². The quantitative estimate of drug-likeness (QED) is 0.723. The summed E-state index contributed by atoms with van der Waals surface area (Å²) in [5.74, 6) is 0. The van der Waals surface area contributed by atoms with Gasteiger partial charge in [0.25, 0.3) is 0 Å². The number of piperidine rings is 1. The molecular formula is C15H24N2. The van der Waals surface area contributed by atoms with Gasteiger partial charge in [-0.2, -0.15) is 0 Å². The summed E-state index contributed by atoms with van der Waals surface area (Å²) in [6, 6.07) is 0. The molecule has 0 aromatic heterocycles. The molecule has 1 rings (SSSR count). The summed E-state index contributed by atoms with van der Waals surface area (Å²) < 4.78 is 0. The maximum atomic E-state index is 4.36. The first-order valence-corrected chi connectivity index (χ1v) is 6.29. The number of allylic oxidation sites excluding steroid dienone is 2. The highest BCUT2D eigenvalue weighted by Crippen LogP contribution is 2.25. The highest BCUT2D eigenvalue weighted by molar-refractivity contribution is 6.01. The molecule has 0 saturated carbocycles. The number of hydrogen-bond donors (Lipinski definition) is 0. The summed E-state index contributed by atoms with van der Waals surface area (Å²) in [7, 11) is 0.